The summed E-state index contributed by atoms with van der Waals surface area (Å²) in [6, 6.07) is 10.7. The monoisotopic (exact) mass is 289 g/mol. The molecule has 0 spiro atoms. The maximum absolute atomic E-state index is 13.4. The lowest BCUT2D eigenvalue weighted by Crippen LogP contribution is -2.05. The minimum absolute atomic E-state index is 0.0788. The lowest BCUT2D eigenvalue weighted by Gasteiger charge is -2.02. The number of nitrogen functional groups attached to an aromatic ring is 1. The Balaban J connectivity index is 2.10. The van der Waals surface area contributed by atoms with Crippen LogP contribution in [-0.2, 0) is 0 Å². The van der Waals surface area contributed by atoms with Crippen LogP contribution < -0.4 is 5.73 Å². The number of carbonyl (C=O) groups is 1. The lowest BCUT2D eigenvalue weighted by atomic mass is 10.1. The topological polar surface area (TPSA) is 56.2 Å². The standard InChI is InChI=1S/C15H9ClFNO2/c16-9-4-5-12-8(6-9)7-13(20-12)15(19)10-2-1-3-11(17)14(10)18/h1-7H,18H2. The molecule has 0 saturated heterocycles. The fourth-order valence-electron chi connectivity index (χ4n) is 1.99. The van der Waals surface area contributed by atoms with Crippen LogP contribution in [0.15, 0.2) is 46.9 Å². The van der Waals surface area contributed by atoms with E-state index in [1.54, 1.807) is 24.3 Å². The first-order valence-electron chi connectivity index (χ1n) is 5.84. The highest BCUT2D eigenvalue weighted by Crippen LogP contribution is 2.26. The molecule has 5 heteroatoms. The Labute approximate surface area is 118 Å². The van der Waals surface area contributed by atoms with Gasteiger partial charge in [0.1, 0.15) is 11.4 Å². The highest BCUT2D eigenvalue weighted by Gasteiger charge is 2.18. The first-order chi connectivity index (χ1) is 9.56. The second kappa shape index (κ2) is 4.65. The van der Waals surface area contributed by atoms with Crippen molar-refractivity contribution in [3.63, 3.8) is 0 Å². The number of nitrogens with two attached hydrogens (primary N) is 1. The number of halogens is 2. The second-order valence-corrected chi connectivity index (χ2v) is 4.76. The molecule has 0 amide bonds. The quantitative estimate of drug-likeness (QED) is 0.572. The Morgan fingerprint density at radius 2 is 2.00 bits per heavy atom. The van der Waals surface area contributed by atoms with Gasteiger partial charge in [0.15, 0.2) is 5.76 Å². The van der Waals surface area contributed by atoms with Gasteiger partial charge >= 0.3 is 0 Å². The van der Waals surface area contributed by atoms with E-state index in [-0.39, 0.29) is 17.0 Å². The van der Waals surface area contributed by atoms with Gasteiger partial charge in [-0.3, -0.25) is 4.79 Å². The number of hydrogen-bond acceptors (Lipinski definition) is 3. The summed E-state index contributed by atoms with van der Waals surface area (Å²) in [4.78, 5) is 12.3. The lowest BCUT2D eigenvalue weighted by molar-refractivity contribution is 0.101. The van der Waals surface area contributed by atoms with E-state index in [9.17, 15) is 9.18 Å². The first-order valence-corrected chi connectivity index (χ1v) is 6.22. The maximum Gasteiger partial charge on any atom is 0.230 e. The molecule has 1 aromatic heterocycles. The fourth-order valence-corrected chi connectivity index (χ4v) is 2.17. The SMILES string of the molecule is Nc1c(F)cccc1C(=O)c1cc2cc(Cl)ccc2o1. The number of anilines is 1. The summed E-state index contributed by atoms with van der Waals surface area (Å²) in [7, 11) is 0. The maximum atomic E-state index is 13.4. The molecule has 3 nitrogen and oxygen atoms in total. The van der Waals surface area contributed by atoms with Crippen LogP contribution in [-0.4, -0.2) is 5.78 Å². The highest BCUT2D eigenvalue weighted by molar-refractivity contribution is 6.31. The number of rotatable bonds is 2. The van der Waals surface area contributed by atoms with E-state index in [4.69, 9.17) is 21.8 Å². The molecule has 0 aliphatic heterocycles. The number of benzene rings is 2. The molecule has 2 aromatic carbocycles. The van der Waals surface area contributed by atoms with Crippen LogP contribution >= 0.6 is 11.6 Å². The second-order valence-electron chi connectivity index (χ2n) is 4.32. The highest BCUT2D eigenvalue weighted by atomic mass is 35.5. The molecule has 3 rings (SSSR count). The van der Waals surface area contributed by atoms with Gasteiger partial charge in [0.2, 0.25) is 5.78 Å². The fraction of sp³-hybridized carbons (Fsp3) is 0. The van der Waals surface area contributed by atoms with Crippen molar-refractivity contribution in [1.82, 2.24) is 0 Å². The van der Waals surface area contributed by atoms with Gasteiger partial charge in [0.25, 0.3) is 0 Å². The third kappa shape index (κ3) is 2.04. The van der Waals surface area contributed by atoms with Crippen LogP contribution in [0.2, 0.25) is 5.02 Å². The van der Waals surface area contributed by atoms with Gasteiger partial charge < -0.3 is 10.2 Å². The van der Waals surface area contributed by atoms with Gasteiger partial charge in [-0.1, -0.05) is 17.7 Å². The van der Waals surface area contributed by atoms with E-state index >= 15 is 0 Å². The van der Waals surface area contributed by atoms with Crippen LogP contribution in [0.25, 0.3) is 11.0 Å². The molecule has 0 fully saturated rings. The third-order valence-electron chi connectivity index (χ3n) is 3.00. The number of para-hydroxylation sites is 1. The van der Waals surface area contributed by atoms with Gasteiger partial charge in [0, 0.05) is 10.4 Å². The summed E-state index contributed by atoms with van der Waals surface area (Å²) in [6.07, 6.45) is 0. The number of hydrogen-bond donors (Lipinski definition) is 1. The summed E-state index contributed by atoms with van der Waals surface area (Å²) >= 11 is 5.87. The average molecular weight is 290 g/mol. The molecule has 100 valence electrons. The van der Waals surface area contributed by atoms with E-state index in [2.05, 4.69) is 0 Å². The normalized spacial score (nSPS) is 10.9. The molecule has 2 N–H and O–H groups in total. The molecule has 0 radical (unpaired) electrons. The Kier molecular flexibility index (Phi) is 2.95. The Bertz CT molecular complexity index is 826. The van der Waals surface area contributed by atoms with Crippen LogP contribution in [0, 0.1) is 5.82 Å². The van der Waals surface area contributed by atoms with Gasteiger partial charge in [-0.25, -0.2) is 4.39 Å². The number of furan rings is 1. The van der Waals surface area contributed by atoms with E-state index in [1.807, 2.05) is 0 Å². The Hall–Kier alpha value is -2.33. The predicted molar refractivity (Wildman–Crippen MR) is 75.5 cm³/mol. The summed E-state index contributed by atoms with van der Waals surface area (Å²) in [5, 5.41) is 1.25. The molecule has 20 heavy (non-hydrogen) atoms. The van der Waals surface area contributed by atoms with Crippen molar-refractivity contribution in [1.29, 1.82) is 0 Å². The largest absolute Gasteiger partial charge is 0.453 e. The summed E-state index contributed by atoms with van der Waals surface area (Å²) < 4.78 is 18.8. The Morgan fingerprint density at radius 1 is 1.20 bits per heavy atom. The molecule has 0 aliphatic carbocycles. The minimum Gasteiger partial charge on any atom is -0.453 e. The molecule has 0 saturated carbocycles. The smallest absolute Gasteiger partial charge is 0.230 e. The zero-order valence-electron chi connectivity index (χ0n) is 10.2. The molecule has 0 unspecified atom stereocenters. The zero-order valence-corrected chi connectivity index (χ0v) is 10.9. The van der Waals surface area contributed by atoms with Crippen LogP contribution in [0.4, 0.5) is 10.1 Å². The summed E-state index contributed by atoms with van der Waals surface area (Å²) in [6.45, 7) is 0. The molecule has 0 atom stereocenters. The van der Waals surface area contributed by atoms with Gasteiger partial charge in [-0.05, 0) is 36.4 Å². The van der Waals surface area contributed by atoms with Crippen LogP contribution in [0.3, 0.4) is 0 Å². The minimum atomic E-state index is -0.630. The van der Waals surface area contributed by atoms with Crippen molar-refractivity contribution >= 4 is 34.0 Å². The van der Waals surface area contributed by atoms with E-state index in [0.717, 1.165) is 0 Å². The summed E-state index contributed by atoms with van der Waals surface area (Å²) in [5.74, 6) is -0.996. The van der Waals surface area contributed by atoms with Gasteiger partial charge in [-0.2, -0.15) is 0 Å². The summed E-state index contributed by atoms with van der Waals surface area (Å²) in [5.41, 5.74) is 6.01. The zero-order chi connectivity index (χ0) is 14.3. The van der Waals surface area contributed by atoms with Crippen molar-refractivity contribution in [3.05, 3.63) is 64.6 Å². The predicted octanol–water partition coefficient (Wildman–Crippen LogP) is 4.04. The third-order valence-corrected chi connectivity index (χ3v) is 3.23. The molecule has 3 aromatic rings. The molecule has 1 heterocycles. The number of fused-ring (bicyclic) bond motifs is 1. The molecular weight excluding hydrogens is 281 g/mol. The van der Waals surface area contributed by atoms with Crippen molar-refractivity contribution in [3.8, 4) is 0 Å². The van der Waals surface area contributed by atoms with Crippen molar-refractivity contribution in [2.75, 3.05) is 5.73 Å². The van der Waals surface area contributed by atoms with Crippen LogP contribution in [0.1, 0.15) is 16.1 Å². The van der Waals surface area contributed by atoms with E-state index < -0.39 is 11.6 Å². The number of ketones is 1. The van der Waals surface area contributed by atoms with E-state index in [0.29, 0.717) is 16.0 Å². The van der Waals surface area contributed by atoms with Crippen molar-refractivity contribution < 1.29 is 13.6 Å². The van der Waals surface area contributed by atoms with Gasteiger partial charge in [-0.15, -0.1) is 0 Å². The van der Waals surface area contributed by atoms with Crippen molar-refractivity contribution in [2.24, 2.45) is 0 Å². The van der Waals surface area contributed by atoms with E-state index in [1.165, 1.54) is 18.2 Å². The molecular formula is C15H9ClFNO2. The number of carbonyl (C=O) groups excluding carboxylic acids is 1. The van der Waals surface area contributed by atoms with Crippen LogP contribution in [0.5, 0.6) is 0 Å². The molecule has 0 bridgehead atoms. The average Bonchev–Trinajstić information content (AvgIpc) is 2.84. The van der Waals surface area contributed by atoms with Gasteiger partial charge in [0.05, 0.1) is 11.3 Å². The Morgan fingerprint density at radius 3 is 2.80 bits per heavy atom. The van der Waals surface area contributed by atoms with Crippen molar-refractivity contribution in [2.45, 2.75) is 0 Å². The molecule has 0 aliphatic rings. The first kappa shape index (κ1) is 12.7.